The van der Waals surface area contributed by atoms with E-state index in [2.05, 4.69) is 27.6 Å². The highest BCUT2D eigenvalue weighted by molar-refractivity contribution is 14.1. The summed E-state index contributed by atoms with van der Waals surface area (Å²) in [6.07, 6.45) is 1.59. The van der Waals surface area contributed by atoms with Gasteiger partial charge in [-0.25, -0.2) is 13.4 Å². The van der Waals surface area contributed by atoms with Crippen molar-refractivity contribution in [2.75, 3.05) is 17.1 Å². The van der Waals surface area contributed by atoms with Crippen molar-refractivity contribution in [2.24, 2.45) is 0 Å². The molecule has 20 heavy (non-hydrogen) atoms. The van der Waals surface area contributed by atoms with E-state index in [1.165, 1.54) is 7.05 Å². The molecular weight excluding hydrogens is 389 g/mol. The molecule has 1 aromatic heterocycles. The minimum atomic E-state index is -3.64. The van der Waals surface area contributed by atoms with Gasteiger partial charge in [0.25, 0.3) is 10.0 Å². The van der Waals surface area contributed by atoms with Crippen molar-refractivity contribution < 1.29 is 8.42 Å². The van der Waals surface area contributed by atoms with Crippen LogP contribution in [-0.2, 0) is 10.0 Å². The van der Waals surface area contributed by atoms with Crippen molar-refractivity contribution in [3.05, 3.63) is 45.7 Å². The molecule has 7 heteroatoms. The normalized spacial score (nSPS) is 11.3. The second-order valence-corrected chi connectivity index (χ2v) is 7.56. The lowest BCUT2D eigenvalue weighted by molar-refractivity contribution is 0.594. The number of benzene rings is 1. The molecule has 0 aliphatic heterocycles. The van der Waals surface area contributed by atoms with E-state index in [9.17, 15) is 8.42 Å². The molecule has 0 radical (unpaired) electrons. The Hall–Kier alpha value is -1.35. The highest BCUT2D eigenvalue weighted by Gasteiger charge is 2.23. The third-order valence-corrected chi connectivity index (χ3v) is 5.26. The van der Waals surface area contributed by atoms with E-state index in [-0.39, 0.29) is 10.7 Å². The van der Waals surface area contributed by atoms with Gasteiger partial charge in [-0.1, -0.05) is 17.7 Å². The average Bonchev–Trinajstić information content (AvgIpc) is 2.41. The van der Waals surface area contributed by atoms with E-state index in [1.807, 2.05) is 6.92 Å². The highest BCUT2D eigenvalue weighted by atomic mass is 127. The number of rotatable bonds is 3. The zero-order valence-corrected chi connectivity index (χ0v) is 14.0. The minimum absolute atomic E-state index is 0.184. The van der Waals surface area contributed by atoms with Crippen molar-refractivity contribution in [3.63, 3.8) is 0 Å². The fraction of sp³-hybridized carbons (Fsp3) is 0.154. The average molecular weight is 403 g/mol. The van der Waals surface area contributed by atoms with Crippen LogP contribution >= 0.6 is 22.6 Å². The molecule has 0 atom stereocenters. The maximum atomic E-state index is 12.5. The first kappa shape index (κ1) is 15.0. The molecule has 0 amide bonds. The molecule has 2 N–H and O–H groups in total. The molecule has 0 aliphatic rings. The molecule has 106 valence electrons. The monoisotopic (exact) mass is 403 g/mol. The molecule has 2 rings (SSSR count). The lowest BCUT2D eigenvalue weighted by Gasteiger charge is -2.20. The Labute approximate surface area is 132 Å². The fourth-order valence-electron chi connectivity index (χ4n) is 1.69. The smallest absolute Gasteiger partial charge is 0.264 e. The van der Waals surface area contributed by atoms with E-state index in [4.69, 9.17) is 5.73 Å². The number of aromatic nitrogens is 1. The van der Waals surface area contributed by atoms with Gasteiger partial charge >= 0.3 is 0 Å². The van der Waals surface area contributed by atoms with E-state index in [0.29, 0.717) is 5.69 Å². The second-order valence-electron chi connectivity index (χ2n) is 4.34. The summed E-state index contributed by atoms with van der Waals surface area (Å²) in [6.45, 7) is 1.90. The molecule has 0 fully saturated rings. The molecule has 0 bridgehead atoms. The number of hydrogen-bond donors (Lipinski definition) is 1. The summed E-state index contributed by atoms with van der Waals surface area (Å²) in [5.74, 6) is 0.184. The molecule has 0 saturated carbocycles. The molecule has 1 aromatic carbocycles. The Morgan fingerprint density at radius 3 is 2.45 bits per heavy atom. The van der Waals surface area contributed by atoms with Crippen LogP contribution in [0.5, 0.6) is 0 Å². The van der Waals surface area contributed by atoms with Gasteiger partial charge in [-0.3, -0.25) is 4.31 Å². The summed E-state index contributed by atoms with van der Waals surface area (Å²) in [7, 11) is -2.17. The quantitative estimate of drug-likeness (QED) is 0.799. The largest absolute Gasteiger partial charge is 0.382 e. The lowest BCUT2D eigenvalue weighted by Crippen LogP contribution is -2.27. The topological polar surface area (TPSA) is 76.3 Å². The van der Waals surface area contributed by atoms with Crippen LogP contribution in [0.4, 0.5) is 11.5 Å². The molecular formula is C13H14IN3O2S. The van der Waals surface area contributed by atoms with Crippen LogP contribution in [0, 0.1) is 10.5 Å². The van der Waals surface area contributed by atoms with Gasteiger partial charge in [0, 0.05) is 16.8 Å². The summed E-state index contributed by atoms with van der Waals surface area (Å²) < 4.78 is 27.1. The summed E-state index contributed by atoms with van der Waals surface area (Å²) in [5, 5.41) is 0. The number of anilines is 2. The van der Waals surface area contributed by atoms with E-state index < -0.39 is 10.0 Å². The number of sulfonamides is 1. The van der Waals surface area contributed by atoms with E-state index in [1.54, 1.807) is 36.5 Å². The number of nitrogen functional groups attached to an aromatic ring is 1. The number of aryl methyl sites for hydroxylation is 1. The molecule has 5 nitrogen and oxygen atoms in total. The summed E-state index contributed by atoms with van der Waals surface area (Å²) >= 11 is 2.06. The standard InChI is InChI=1S/C13H14IN3O2S/c1-9-3-5-11(6-4-9)20(18,19)17(2)12-7-10(14)8-16-13(12)15/h3-8H,1-2H3,(H2,15,16). The van der Waals surface area contributed by atoms with E-state index >= 15 is 0 Å². The zero-order chi connectivity index (χ0) is 14.9. The second kappa shape index (κ2) is 5.57. The van der Waals surface area contributed by atoms with Gasteiger partial charge in [0.15, 0.2) is 0 Å². The highest BCUT2D eigenvalue weighted by Crippen LogP contribution is 2.27. The van der Waals surface area contributed by atoms with Gasteiger partial charge in [-0.15, -0.1) is 0 Å². The Kier molecular flexibility index (Phi) is 4.19. The van der Waals surface area contributed by atoms with Crippen molar-refractivity contribution in [2.45, 2.75) is 11.8 Å². The maximum Gasteiger partial charge on any atom is 0.264 e. The van der Waals surface area contributed by atoms with Gasteiger partial charge in [-0.05, 0) is 47.7 Å². The van der Waals surface area contributed by atoms with Crippen LogP contribution in [0.2, 0.25) is 0 Å². The van der Waals surface area contributed by atoms with Crippen LogP contribution in [0.1, 0.15) is 5.56 Å². The first-order valence-electron chi connectivity index (χ1n) is 5.79. The number of nitrogens with two attached hydrogens (primary N) is 1. The number of hydrogen-bond acceptors (Lipinski definition) is 4. The van der Waals surface area contributed by atoms with Gasteiger partial charge in [0.1, 0.15) is 5.82 Å². The lowest BCUT2D eigenvalue weighted by atomic mass is 10.2. The van der Waals surface area contributed by atoms with Crippen molar-refractivity contribution >= 4 is 44.1 Å². The first-order chi connectivity index (χ1) is 9.32. The number of halogens is 1. The van der Waals surface area contributed by atoms with Crippen LogP contribution in [0.3, 0.4) is 0 Å². The Morgan fingerprint density at radius 1 is 1.25 bits per heavy atom. The summed E-state index contributed by atoms with van der Waals surface area (Å²) in [4.78, 5) is 4.21. The minimum Gasteiger partial charge on any atom is -0.382 e. The molecule has 0 unspecified atom stereocenters. The third-order valence-electron chi connectivity index (χ3n) is 2.88. The van der Waals surface area contributed by atoms with Crippen LogP contribution in [0.15, 0.2) is 41.4 Å². The SMILES string of the molecule is Cc1ccc(S(=O)(=O)N(C)c2cc(I)cnc2N)cc1. The van der Waals surface area contributed by atoms with Gasteiger partial charge in [-0.2, -0.15) is 0 Å². The van der Waals surface area contributed by atoms with E-state index in [0.717, 1.165) is 13.4 Å². The molecule has 0 saturated heterocycles. The first-order valence-corrected chi connectivity index (χ1v) is 8.31. The van der Waals surface area contributed by atoms with Gasteiger partial charge in [0.2, 0.25) is 0 Å². The summed E-state index contributed by atoms with van der Waals surface area (Å²) in [5.41, 5.74) is 7.14. The van der Waals surface area contributed by atoms with Crippen LogP contribution < -0.4 is 10.0 Å². The fourth-order valence-corrected chi connectivity index (χ4v) is 3.32. The Bertz CT molecular complexity index is 730. The predicted octanol–water partition coefficient (Wildman–Crippen LogP) is 2.40. The van der Waals surface area contributed by atoms with Crippen LogP contribution in [0.25, 0.3) is 0 Å². The predicted molar refractivity (Wildman–Crippen MR) is 88.1 cm³/mol. The van der Waals surface area contributed by atoms with Gasteiger partial charge < -0.3 is 5.73 Å². The maximum absolute atomic E-state index is 12.5. The Morgan fingerprint density at radius 2 is 1.85 bits per heavy atom. The zero-order valence-electron chi connectivity index (χ0n) is 11.0. The Balaban J connectivity index is 2.48. The summed E-state index contributed by atoms with van der Waals surface area (Å²) in [6, 6.07) is 8.38. The van der Waals surface area contributed by atoms with Crippen molar-refractivity contribution in [1.29, 1.82) is 0 Å². The number of nitrogens with zero attached hydrogens (tertiary/aromatic N) is 2. The molecule has 1 heterocycles. The molecule has 0 spiro atoms. The van der Waals surface area contributed by atoms with Crippen molar-refractivity contribution in [3.8, 4) is 0 Å². The third kappa shape index (κ3) is 2.88. The van der Waals surface area contributed by atoms with Crippen LogP contribution in [-0.4, -0.2) is 20.4 Å². The van der Waals surface area contributed by atoms with Gasteiger partial charge in [0.05, 0.1) is 10.6 Å². The molecule has 0 aliphatic carbocycles. The van der Waals surface area contributed by atoms with Crippen molar-refractivity contribution in [1.82, 2.24) is 4.98 Å². The molecule has 2 aromatic rings. The number of pyridine rings is 1.